The highest BCUT2D eigenvalue weighted by molar-refractivity contribution is 6.46. The molecule has 0 bridgehead atoms. The molecule has 1 heterocycles. The summed E-state index contributed by atoms with van der Waals surface area (Å²) in [5, 5.41) is 11.2. The Morgan fingerprint density at radius 2 is 1.76 bits per heavy atom. The number of nitrogens with zero attached hydrogens (tertiary/aromatic N) is 2. The molecule has 1 N–H and O–H groups in total. The van der Waals surface area contributed by atoms with Crippen LogP contribution in [0.5, 0.6) is 11.5 Å². The van der Waals surface area contributed by atoms with Crippen LogP contribution in [0, 0.1) is 0 Å². The lowest BCUT2D eigenvalue weighted by Crippen LogP contribution is -2.35. The lowest BCUT2D eigenvalue weighted by molar-refractivity contribution is -0.140. The van der Waals surface area contributed by atoms with Crippen molar-refractivity contribution in [2.24, 2.45) is 0 Å². The number of likely N-dealkylation sites (tertiary alicyclic amines) is 1. The first-order valence-corrected chi connectivity index (χ1v) is 11.3. The van der Waals surface area contributed by atoms with Crippen molar-refractivity contribution < 1.29 is 24.2 Å². The molecule has 33 heavy (non-hydrogen) atoms. The highest BCUT2D eigenvalue weighted by Gasteiger charge is 2.46. The van der Waals surface area contributed by atoms with E-state index in [9.17, 15) is 14.7 Å². The molecule has 1 amide bonds. The van der Waals surface area contributed by atoms with E-state index in [4.69, 9.17) is 9.47 Å². The fourth-order valence-corrected chi connectivity index (χ4v) is 3.79. The van der Waals surface area contributed by atoms with Gasteiger partial charge in [-0.05, 0) is 69.4 Å². The fourth-order valence-electron chi connectivity index (χ4n) is 3.79. The normalized spacial score (nSPS) is 17.6. The van der Waals surface area contributed by atoms with Gasteiger partial charge in [0.2, 0.25) is 0 Å². The monoisotopic (exact) mass is 452 g/mol. The lowest BCUT2D eigenvalue weighted by Gasteiger charge is -2.27. The number of hydrogen-bond donors (Lipinski definition) is 1. The minimum Gasteiger partial charge on any atom is -0.507 e. The number of benzene rings is 2. The first kappa shape index (κ1) is 24.3. The zero-order valence-electron chi connectivity index (χ0n) is 19.7. The van der Waals surface area contributed by atoms with Crippen LogP contribution in [0.1, 0.15) is 37.4 Å². The van der Waals surface area contributed by atoms with Gasteiger partial charge in [0, 0.05) is 18.7 Å². The zero-order valence-corrected chi connectivity index (χ0v) is 19.7. The van der Waals surface area contributed by atoms with Crippen LogP contribution in [0.25, 0.3) is 5.76 Å². The van der Waals surface area contributed by atoms with Crippen LogP contribution in [-0.2, 0) is 9.59 Å². The summed E-state index contributed by atoms with van der Waals surface area (Å²) >= 11 is 0. The van der Waals surface area contributed by atoms with Gasteiger partial charge in [0.05, 0.1) is 24.8 Å². The smallest absolute Gasteiger partial charge is 0.295 e. The molecule has 1 aliphatic heterocycles. The standard InChI is InChI=1S/C26H32N2O5/c1-5-16-33-20-12-10-18(11-13-20)24(29)22-23(19-8-7-9-21(17-19)32-6-2)28(15-14-27(3)4)26(31)25(22)30/h7-13,17,23,29H,5-6,14-16H2,1-4H3. The van der Waals surface area contributed by atoms with E-state index in [2.05, 4.69) is 0 Å². The fraction of sp³-hybridized carbons (Fsp3) is 0.385. The molecule has 2 aromatic rings. The Bertz CT molecular complexity index is 1010. The Kier molecular flexibility index (Phi) is 8.11. The molecular weight excluding hydrogens is 420 g/mol. The van der Waals surface area contributed by atoms with Crippen molar-refractivity contribution in [2.45, 2.75) is 26.3 Å². The zero-order chi connectivity index (χ0) is 24.0. The second kappa shape index (κ2) is 11.0. The van der Waals surface area contributed by atoms with Crippen LogP contribution in [-0.4, -0.2) is 67.0 Å². The Hall–Kier alpha value is -3.32. The molecule has 1 unspecified atom stereocenters. The highest BCUT2D eigenvalue weighted by Crippen LogP contribution is 2.40. The van der Waals surface area contributed by atoms with Crippen molar-refractivity contribution in [1.82, 2.24) is 9.80 Å². The van der Waals surface area contributed by atoms with Crippen molar-refractivity contribution in [3.63, 3.8) is 0 Å². The predicted molar refractivity (Wildman–Crippen MR) is 127 cm³/mol. The van der Waals surface area contributed by atoms with Gasteiger partial charge in [-0.25, -0.2) is 0 Å². The van der Waals surface area contributed by atoms with Gasteiger partial charge >= 0.3 is 0 Å². The molecule has 1 fully saturated rings. The van der Waals surface area contributed by atoms with E-state index in [-0.39, 0.29) is 11.3 Å². The maximum Gasteiger partial charge on any atom is 0.295 e. The quantitative estimate of drug-likeness (QED) is 0.335. The van der Waals surface area contributed by atoms with Crippen LogP contribution >= 0.6 is 0 Å². The van der Waals surface area contributed by atoms with Gasteiger partial charge in [-0.2, -0.15) is 0 Å². The van der Waals surface area contributed by atoms with Crippen molar-refractivity contribution in [1.29, 1.82) is 0 Å². The van der Waals surface area contributed by atoms with E-state index in [0.717, 1.165) is 6.42 Å². The molecule has 0 saturated carbocycles. The number of aliphatic hydroxyl groups is 1. The molecule has 2 aromatic carbocycles. The maximum absolute atomic E-state index is 13.1. The highest BCUT2D eigenvalue weighted by atomic mass is 16.5. The molecule has 1 aliphatic rings. The molecule has 176 valence electrons. The van der Waals surface area contributed by atoms with Gasteiger partial charge in [0.15, 0.2) is 0 Å². The van der Waals surface area contributed by atoms with Gasteiger partial charge in [-0.1, -0.05) is 19.1 Å². The molecule has 7 nitrogen and oxygen atoms in total. The first-order valence-electron chi connectivity index (χ1n) is 11.3. The first-order chi connectivity index (χ1) is 15.9. The second-order valence-electron chi connectivity index (χ2n) is 8.17. The third-order valence-corrected chi connectivity index (χ3v) is 5.41. The van der Waals surface area contributed by atoms with Crippen LogP contribution in [0.3, 0.4) is 0 Å². The Morgan fingerprint density at radius 3 is 2.39 bits per heavy atom. The van der Waals surface area contributed by atoms with E-state index in [1.165, 1.54) is 4.90 Å². The average Bonchev–Trinajstić information content (AvgIpc) is 3.06. The molecule has 1 atom stereocenters. The molecule has 0 aliphatic carbocycles. The summed E-state index contributed by atoms with van der Waals surface area (Å²) in [5.41, 5.74) is 1.24. The number of carbonyl (C=O) groups is 2. The summed E-state index contributed by atoms with van der Waals surface area (Å²) in [6, 6.07) is 13.5. The lowest BCUT2D eigenvalue weighted by atomic mass is 9.95. The molecule has 7 heteroatoms. The van der Waals surface area contributed by atoms with Crippen molar-refractivity contribution in [2.75, 3.05) is 40.4 Å². The van der Waals surface area contributed by atoms with E-state index in [1.54, 1.807) is 24.3 Å². The van der Waals surface area contributed by atoms with Gasteiger partial charge < -0.3 is 24.4 Å². The molecule has 1 saturated heterocycles. The predicted octanol–water partition coefficient (Wildman–Crippen LogP) is 3.86. The number of likely N-dealkylation sites (N-methyl/N-ethyl adjacent to an activating group) is 1. The van der Waals surface area contributed by atoms with Gasteiger partial charge in [-0.3, -0.25) is 9.59 Å². The largest absolute Gasteiger partial charge is 0.507 e. The van der Waals surface area contributed by atoms with Crippen LogP contribution in [0.4, 0.5) is 0 Å². The van der Waals surface area contributed by atoms with Gasteiger partial charge in [0.25, 0.3) is 11.7 Å². The number of carbonyl (C=O) groups excluding carboxylic acids is 2. The summed E-state index contributed by atoms with van der Waals surface area (Å²) in [7, 11) is 3.81. The summed E-state index contributed by atoms with van der Waals surface area (Å²) in [6.45, 7) is 5.94. The van der Waals surface area contributed by atoms with Gasteiger partial charge in [-0.15, -0.1) is 0 Å². The maximum atomic E-state index is 13.1. The average molecular weight is 453 g/mol. The third-order valence-electron chi connectivity index (χ3n) is 5.41. The van der Waals surface area contributed by atoms with E-state index < -0.39 is 17.7 Å². The molecule has 0 spiro atoms. The topological polar surface area (TPSA) is 79.3 Å². The van der Waals surface area contributed by atoms with Crippen LogP contribution in [0.2, 0.25) is 0 Å². The molecule has 0 aromatic heterocycles. The van der Waals surface area contributed by atoms with E-state index >= 15 is 0 Å². The number of ether oxygens (including phenoxy) is 2. The SMILES string of the molecule is CCCOc1ccc(C(O)=C2C(=O)C(=O)N(CCN(C)C)C2c2cccc(OCC)c2)cc1. The Morgan fingerprint density at radius 1 is 1.03 bits per heavy atom. The Balaban J connectivity index is 2.07. The van der Waals surface area contributed by atoms with Crippen molar-refractivity contribution in [3.05, 3.63) is 65.2 Å². The summed E-state index contributed by atoms with van der Waals surface area (Å²) in [5.74, 6) is -0.182. The van der Waals surface area contributed by atoms with E-state index in [1.807, 2.05) is 57.1 Å². The van der Waals surface area contributed by atoms with Crippen LogP contribution in [0.15, 0.2) is 54.1 Å². The van der Waals surface area contributed by atoms with E-state index in [0.29, 0.717) is 48.9 Å². The number of amides is 1. The summed E-state index contributed by atoms with van der Waals surface area (Å²) in [4.78, 5) is 29.6. The second-order valence-corrected chi connectivity index (χ2v) is 8.17. The van der Waals surface area contributed by atoms with Crippen molar-refractivity contribution >= 4 is 17.4 Å². The van der Waals surface area contributed by atoms with Crippen molar-refractivity contribution in [3.8, 4) is 11.5 Å². The Labute approximate surface area is 195 Å². The van der Waals surface area contributed by atoms with Gasteiger partial charge in [0.1, 0.15) is 17.3 Å². The molecule has 0 radical (unpaired) electrons. The summed E-state index contributed by atoms with van der Waals surface area (Å²) in [6.07, 6.45) is 0.888. The minimum atomic E-state index is -0.707. The number of hydrogen-bond acceptors (Lipinski definition) is 6. The molecular formula is C26H32N2O5. The number of aliphatic hydroxyl groups excluding tert-OH is 1. The minimum absolute atomic E-state index is 0.0784. The van der Waals surface area contributed by atoms with Crippen LogP contribution < -0.4 is 9.47 Å². The molecule has 3 rings (SSSR count). The summed E-state index contributed by atoms with van der Waals surface area (Å²) < 4.78 is 11.2. The number of ketones is 1. The number of Topliss-reactive ketones (excluding diaryl/α,β-unsaturated/α-hetero) is 1. The number of rotatable bonds is 10. The third kappa shape index (κ3) is 5.54.